The maximum Gasteiger partial charge on any atom is 0.249 e. The molecule has 0 radical (unpaired) electrons. The van der Waals surface area contributed by atoms with Crippen molar-refractivity contribution in [1.82, 2.24) is 10.2 Å². The van der Waals surface area contributed by atoms with Gasteiger partial charge in [0, 0.05) is 5.56 Å². The van der Waals surface area contributed by atoms with E-state index in [4.69, 9.17) is 4.42 Å². The first-order chi connectivity index (χ1) is 13.3. The second-order valence-electron chi connectivity index (χ2n) is 6.43. The summed E-state index contributed by atoms with van der Waals surface area (Å²) < 4.78 is 6.10. The fourth-order valence-electron chi connectivity index (χ4n) is 3.45. The summed E-state index contributed by atoms with van der Waals surface area (Å²) in [6, 6.07) is 26.7. The van der Waals surface area contributed by atoms with Gasteiger partial charge in [0.15, 0.2) is 0 Å². The van der Waals surface area contributed by atoms with Crippen LogP contribution in [0, 0.1) is 0 Å². The molecule has 0 unspecified atom stereocenters. The topological polar surface area (TPSA) is 38.9 Å². The normalized spacial score (nSPS) is 11.1. The first-order valence-electron chi connectivity index (χ1n) is 8.81. The Bertz CT molecular complexity index is 1230. The number of benzene rings is 4. The average molecular weight is 348 g/mol. The summed E-state index contributed by atoms with van der Waals surface area (Å²) in [5, 5.41) is 13.2. The predicted molar refractivity (Wildman–Crippen MR) is 110 cm³/mol. The number of rotatable bonds is 3. The standard InChI is InChI=1S/C24H16N2O/c1-2-16-11-13-17(14-12-16)23-25-26-24(27-23)22-20-9-5-3-7-18(20)15-19-8-4-6-10-21(19)22/h2-15H,1H2. The minimum absolute atomic E-state index is 0.512. The molecule has 0 aliphatic rings. The average Bonchev–Trinajstić information content (AvgIpc) is 3.21. The van der Waals surface area contributed by atoms with E-state index < -0.39 is 0 Å². The molecule has 0 fully saturated rings. The first kappa shape index (κ1) is 15.5. The smallest absolute Gasteiger partial charge is 0.249 e. The van der Waals surface area contributed by atoms with E-state index in [1.807, 2.05) is 54.6 Å². The molecule has 5 rings (SSSR count). The molecular weight excluding hydrogens is 332 g/mol. The third-order valence-electron chi connectivity index (χ3n) is 4.80. The molecule has 0 aliphatic carbocycles. The van der Waals surface area contributed by atoms with E-state index in [0.29, 0.717) is 11.8 Å². The fourth-order valence-corrected chi connectivity index (χ4v) is 3.45. The molecule has 0 bridgehead atoms. The van der Waals surface area contributed by atoms with Gasteiger partial charge in [0.1, 0.15) is 0 Å². The highest BCUT2D eigenvalue weighted by atomic mass is 16.4. The summed E-state index contributed by atoms with van der Waals surface area (Å²) >= 11 is 0. The molecular formula is C24H16N2O. The van der Waals surface area contributed by atoms with Crippen LogP contribution in [0.15, 0.2) is 89.9 Å². The zero-order valence-electron chi connectivity index (χ0n) is 14.6. The molecule has 128 valence electrons. The summed E-state index contributed by atoms with van der Waals surface area (Å²) in [5.41, 5.74) is 2.92. The van der Waals surface area contributed by atoms with Gasteiger partial charge in [0.05, 0.1) is 5.56 Å². The molecule has 5 aromatic rings. The Morgan fingerprint density at radius 3 is 1.93 bits per heavy atom. The van der Waals surface area contributed by atoms with Crippen LogP contribution in [0.5, 0.6) is 0 Å². The molecule has 0 saturated heterocycles. The lowest BCUT2D eigenvalue weighted by Gasteiger charge is -2.08. The van der Waals surface area contributed by atoms with Gasteiger partial charge in [-0.1, -0.05) is 73.3 Å². The molecule has 1 aromatic heterocycles. The SMILES string of the molecule is C=Cc1ccc(-c2nnc(-c3c4ccccc4cc4ccccc34)o2)cc1. The van der Waals surface area contributed by atoms with Crippen LogP contribution >= 0.6 is 0 Å². The highest BCUT2D eigenvalue weighted by Crippen LogP contribution is 2.36. The van der Waals surface area contributed by atoms with Crippen LogP contribution in [0.25, 0.3) is 50.5 Å². The Morgan fingerprint density at radius 1 is 0.704 bits per heavy atom. The third-order valence-corrected chi connectivity index (χ3v) is 4.80. The minimum atomic E-state index is 0.512. The minimum Gasteiger partial charge on any atom is -0.416 e. The van der Waals surface area contributed by atoms with Crippen LogP contribution < -0.4 is 0 Å². The molecule has 3 nitrogen and oxygen atoms in total. The summed E-state index contributed by atoms with van der Waals surface area (Å²) in [7, 11) is 0. The van der Waals surface area contributed by atoms with Crippen molar-refractivity contribution in [3.05, 3.63) is 91.0 Å². The molecule has 0 saturated carbocycles. The molecule has 27 heavy (non-hydrogen) atoms. The largest absolute Gasteiger partial charge is 0.416 e. The van der Waals surface area contributed by atoms with E-state index in [9.17, 15) is 0 Å². The summed E-state index contributed by atoms with van der Waals surface area (Å²) in [5.74, 6) is 1.04. The molecule has 0 aliphatic heterocycles. The Labute approximate surface area is 156 Å². The molecule has 0 N–H and O–H groups in total. The quantitative estimate of drug-likeness (QED) is 0.356. The van der Waals surface area contributed by atoms with E-state index in [1.165, 1.54) is 0 Å². The number of hydrogen-bond acceptors (Lipinski definition) is 3. The van der Waals surface area contributed by atoms with Gasteiger partial charge >= 0.3 is 0 Å². The number of hydrogen-bond donors (Lipinski definition) is 0. The van der Waals surface area contributed by atoms with Crippen LogP contribution in [0.2, 0.25) is 0 Å². The van der Waals surface area contributed by atoms with Gasteiger partial charge < -0.3 is 4.42 Å². The van der Waals surface area contributed by atoms with E-state index in [1.54, 1.807) is 0 Å². The molecule has 0 spiro atoms. The van der Waals surface area contributed by atoms with E-state index in [2.05, 4.69) is 47.1 Å². The summed E-state index contributed by atoms with van der Waals surface area (Å²) in [6.07, 6.45) is 1.81. The van der Waals surface area contributed by atoms with Gasteiger partial charge in [-0.05, 0) is 45.3 Å². The van der Waals surface area contributed by atoms with Crippen molar-refractivity contribution in [3.8, 4) is 22.9 Å². The number of aromatic nitrogens is 2. The lowest BCUT2D eigenvalue weighted by atomic mass is 9.97. The zero-order chi connectivity index (χ0) is 18.2. The van der Waals surface area contributed by atoms with E-state index in [-0.39, 0.29) is 0 Å². The highest BCUT2D eigenvalue weighted by Gasteiger charge is 2.16. The Morgan fingerprint density at radius 2 is 1.30 bits per heavy atom. The monoisotopic (exact) mass is 348 g/mol. The van der Waals surface area contributed by atoms with Crippen molar-refractivity contribution >= 4 is 27.6 Å². The van der Waals surface area contributed by atoms with Crippen molar-refractivity contribution in [2.75, 3.05) is 0 Å². The van der Waals surface area contributed by atoms with Gasteiger partial charge in [0.2, 0.25) is 11.8 Å². The maximum atomic E-state index is 6.10. The predicted octanol–water partition coefficient (Wildman–Crippen LogP) is 6.35. The van der Waals surface area contributed by atoms with Crippen molar-refractivity contribution < 1.29 is 4.42 Å². The van der Waals surface area contributed by atoms with Gasteiger partial charge in [-0.3, -0.25) is 0 Å². The Kier molecular flexibility index (Phi) is 3.58. The molecule has 1 heterocycles. The van der Waals surface area contributed by atoms with Gasteiger partial charge in [-0.2, -0.15) is 0 Å². The van der Waals surface area contributed by atoms with Crippen LogP contribution in [-0.4, -0.2) is 10.2 Å². The fraction of sp³-hybridized carbons (Fsp3) is 0. The number of fused-ring (bicyclic) bond motifs is 2. The van der Waals surface area contributed by atoms with Crippen molar-refractivity contribution in [3.63, 3.8) is 0 Å². The van der Waals surface area contributed by atoms with Crippen molar-refractivity contribution in [1.29, 1.82) is 0 Å². The van der Waals surface area contributed by atoms with Crippen LogP contribution in [-0.2, 0) is 0 Å². The first-order valence-corrected chi connectivity index (χ1v) is 8.81. The lowest BCUT2D eigenvalue weighted by Crippen LogP contribution is -1.85. The molecule has 0 atom stereocenters. The van der Waals surface area contributed by atoms with E-state index >= 15 is 0 Å². The van der Waals surface area contributed by atoms with Crippen molar-refractivity contribution in [2.45, 2.75) is 0 Å². The summed E-state index contributed by atoms with van der Waals surface area (Å²) in [4.78, 5) is 0. The maximum absolute atomic E-state index is 6.10. The highest BCUT2D eigenvalue weighted by molar-refractivity contribution is 6.11. The lowest BCUT2D eigenvalue weighted by molar-refractivity contribution is 0.586. The second-order valence-corrected chi connectivity index (χ2v) is 6.43. The number of nitrogens with zero attached hydrogens (tertiary/aromatic N) is 2. The van der Waals surface area contributed by atoms with Gasteiger partial charge in [-0.25, -0.2) is 0 Å². The Balaban J connectivity index is 1.73. The Hall–Kier alpha value is -3.72. The van der Waals surface area contributed by atoms with Gasteiger partial charge in [-0.15, -0.1) is 10.2 Å². The summed E-state index contributed by atoms with van der Waals surface area (Å²) in [6.45, 7) is 3.78. The van der Waals surface area contributed by atoms with Crippen LogP contribution in [0.3, 0.4) is 0 Å². The van der Waals surface area contributed by atoms with Crippen LogP contribution in [0.4, 0.5) is 0 Å². The zero-order valence-corrected chi connectivity index (χ0v) is 14.6. The molecule has 4 aromatic carbocycles. The van der Waals surface area contributed by atoms with Crippen molar-refractivity contribution in [2.24, 2.45) is 0 Å². The van der Waals surface area contributed by atoms with Gasteiger partial charge in [0.25, 0.3) is 0 Å². The van der Waals surface area contributed by atoms with Crippen LogP contribution in [0.1, 0.15) is 5.56 Å². The molecule has 0 amide bonds. The van der Waals surface area contributed by atoms with E-state index in [0.717, 1.165) is 38.2 Å². The third kappa shape index (κ3) is 2.61. The molecule has 3 heteroatoms. The second kappa shape index (κ2) is 6.22.